The Balaban J connectivity index is 2.17. The Bertz CT molecular complexity index is 348. The van der Waals surface area contributed by atoms with Gasteiger partial charge in [-0.15, -0.1) is 0 Å². The molecule has 2 aliphatic rings. The second-order valence-electron chi connectivity index (χ2n) is 5.30. The third kappa shape index (κ3) is 3.43. The molecule has 19 heavy (non-hydrogen) atoms. The molecule has 1 aliphatic carbocycles. The summed E-state index contributed by atoms with van der Waals surface area (Å²) in [6.45, 7) is 2.06. The van der Waals surface area contributed by atoms with Gasteiger partial charge in [0.1, 0.15) is 18.0 Å². The average molecular weight is 268 g/mol. The van der Waals surface area contributed by atoms with Gasteiger partial charge in [0.2, 0.25) is 5.76 Å². The number of hydrogen-bond donors (Lipinski definition) is 0. The highest BCUT2D eigenvalue weighted by Gasteiger charge is 2.36. The maximum Gasteiger partial charge on any atom is 0.376 e. The summed E-state index contributed by atoms with van der Waals surface area (Å²) in [5.74, 6) is 0.561. The summed E-state index contributed by atoms with van der Waals surface area (Å²) in [6.07, 6.45) is 8.58. The van der Waals surface area contributed by atoms with Crippen molar-refractivity contribution in [1.29, 1.82) is 0 Å². The molecule has 4 nitrogen and oxygen atoms in total. The average Bonchev–Trinajstić information content (AvgIpc) is 2.40. The van der Waals surface area contributed by atoms with Gasteiger partial charge < -0.3 is 14.2 Å². The van der Waals surface area contributed by atoms with E-state index in [-0.39, 0.29) is 12.2 Å². The molecule has 0 spiro atoms. The van der Waals surface area contributed by atoms with E-state index >= 15 is 0 Å². The molecule has 0 aromatic carbocycles. The van der Waals surface area contributed by atoms with Crippen LogP contribution >= 0.6 is 0 Å². The monoisotopic (exact) mass is 268 g/mol. The Hall–Kier alpha value is -1.19. The zero-order chi connectivity index (χ0) is 13.7. The van der Waals surface area contributed by atoms with Gasteiger partial charge in [-0.2, -0.15) is 0 Å². The van der Waals surface area contributed by atoms with E-state index in [2.05, 4.69) is 6.92 Å². The van der Waals surface area contributed by atoms with Crippen molar-refractivity contribution in [3.05, 3.63) is 11.5 Å². The van der Waals surface area contributed by atoms with E-state index in [4.69, 9.17) is 14.2 Å². The van der Waals surface area contributed by atoms with Gasteiger partial charge in [-0.05, 0) is 32.1 Å². The lowest BCUT2D eigenvalue weighted by Crippen LogP contribution is -2.38. The molecular weight excluding hydrogens is 244 g/mol. The van der Waals surface area contributed by atoms with E-state index in [1.165, 1.54) is 26.4 Å². The van der Waals surface area contributed by atoms with E-state index in [1.807, 2.05) is 0 Å². The molecule has 0 bridgehead atoms. The first-order chi connectivity index (χ1) is 9.26. The van der Waals surface area contributed by atoms with Crippen molar-refractivity contribution < 1.29 is 19.0 Å². The van der Waals surface area contributed by atoms with Crippen LogP contribution in [0.4, 0.5) is 0 Å². The van der Waals surface area contributed by atoms with Crippen molar-refractivity contribution >= 4 is 5.97 Å². The van der Waals surface area contributed by atoms with E-state index in [9.17, 15) is 4.79 Å². The van der Waals surface area contributed by atoms with Gasteiger partial charge in [-0.1, -0.05) is 19.8 Å². The summed E-state index contributed by atoms with van der Waals surface area (Å²) in [5, 5.41) is 0. The van der Waals surface area contributed by atoms with Crippen LogP contribution in [0.2, 0.25) is 0 Å². The van der Waals surface area contributed by atoms with Gasteiger partial charge in [0.15, 0.2) is 0 Å². The van der Waals surface area contributed by atoms with Crippen LogP contribution in [0.1, 0.15) is 58.3 Å². The van der Waals surface area contributed by atoms with Gasteiger partial charge in [0, 0.05) is 6.42 Å². The second-order valence-corrected chi connectivity index (χ2v) is 5.30. The topological polar surface area (TPSA) is 44.8 Å². The van der Waals surface area contributed by atoms with Crippen LogP contribution in [-0.2, 0) is 19.0 Å². The molecule has 2 atom stereocenters. The van der Waals surface area contributed by atoms with Gasteiger partial charge in [0.05, 0.1) is 7.11 Å². The lowest BCUT2D eigenvalue weighted by Gasteiger charge is -2.36. The molecule has 0 saturated heterocycles. The summed E-state index contributed by atoms with van der Waals surface area (Å²) in [7, 11) is 1.38. The van der Waals surface area contributed by atoms with E-state index in [0.717, 1.165) is 32.1 Å². The Morgan fingerprint density at radius 2 is 1.79 bits per heavy atom. The number of carbonyl (C=O) groups excluding carboxylic acids is 1. The molecule has 0 aromatic rings. The molecule has 0 N–H and O–H groups in total. The molecule has 0 unspecified atom stereocenters. The third-order valence-electron chi connectivity index (χ3n) is 3.81. The molecule has 1 aliphatic heterocycles. The smallest absolute Gasteiger partial charge is 0.376 e. The second kappa shape index (κ2) is 6.83. The van der Waals surface area contributed by atoms with Crippen molar-refractivity contribution in [2.24, 2.45) is 0 Å². The molecule has 0 amide bonds. The van der Waals surface area contributed by atoms with Gasteiger partial charge >= 0.3 is 5.97 Å². The highest BCUT2D eigenvalue weighted by molar-refractivity contribution is 5.86. The van der Waals surface area contributed by atoms with Crippen LogP contribution in [0.25, 0.3) is 0 Å². The van der Waals surface area contributed by atoms with Gasteiger partial charge in [-0.25, -0.2) is 4.79 Å². The summed E-state index contributed by atoms with van der Waals surface area (Å²) < 4.78 is 16.8. The van der Waals surface area contributed by atoms with Crippen LogP contribution in [0.15, 0.2) is 11.5 Å². The van der Waals surface area contributed by atoms with Crippen LogP contribution in [0.3, 0.4) is 0 Å². The molecule has 0 aromatic heterocycles. The number of carbonyl (C=O) groups is 1. The Morgan fingerprint density at radius 3 is 2.37 bits per heavy atom. The van der Waals surface area contributed by atoms with Crippen LogP contribution in [0.5, 0.6) is 0 Å². The lowest BCUT2D eigenvalue weighted by molar-refractivity contribution is -0.149. The maximum absolute atomic E-state index is 11.8. The number of hydrogen-bond acceptors (Lipinski definition) is 4. The number of ether oxygens (including phenoxy) is 3. The van der Waals surface area contributed by atoms with Gasteiger partial charge in [-0.3, -0.25) is 0 Å². The molecule has 4 heteroatoms. The first kappa shape index (κ1) is 14.2. The van der Waals surface area contributed by atoms with E-state index in [1.54, 1.807) is 0 Å². The fourth-order valence-electron chi connectivity index (χ4n) is 2.79. The molecule has 108 valence electrons. The van der Waals surface area contributed by atoms with Crippen molar-refractivity contribution in [3.63, 3.8) is 0 Å². The number of esters is 1. The fourth-order valence-corrected chi connectivity index (χ4v) is 2.79. The van der Waals surface area contributed by atoms with Crippen LogP contribution in [-0.4, -0.2) is 25.3 Å². The van der Waals surface area contributed by atoms with Crippen molar-refractivity contribution in [1.82, 2.24) is 0 Å². The highest BCUT2D eigenvalue weighted by Crippen LogP contribution is 2.33. The number of methoxy groups -OCH3 is 1. The minimum absolute atomic E-state index is 0.00926. The Labute approximate surface area is 115 Å². The Kier molecular flexibility index (Phi) is 5.11. The predicted molar refractivity (Wildman–Crippen MR) is 71.4 cm³/mol. The third-order valence-corrected chi connectivity index (χ3v) is 3.81. The number of allylic oxidation sites excluding steroid dienone is 1. The van der Waals surface area contributed by atoms with E-state index < -0.39 is 5.97 Å². The summed E-state index contributed by atoms with van der Waals surface area (Å²) in [6, 6.07) is 0. The number of rotatable bonds is 3. The van der Waals surface area contributed by atoms with Crippen molar-refractivity contribution in [2.75, 3.05) is 7.11 Å². The fraction of sp³-hybridized carbons (Fsp3) is 0.800. The van der Waals surface area contributed by atoms with Crippen molar-refractivity contribution in [3.8, 4) is 0 Å². The summed E-state index contributed by atoms with van der Waals surface area (Å²) in [5.41, 5.74) is 0. The minimum atomic E-state index is -0.413. The quantitative estimate of drug-likeness (QED) is 0.737. The molecule has 1 heterocycles. The normalized spacial score (nSPS) is 27.5. The standard InChI is InChI=1S/C15H24O4/c1-3-8-13-14(15(16)17-2)19-12-10-7-5-4-6-9-11(12)18-13/h11-12H,3-10H2,1-2H3/t11-,12+/m1/s1. The summed E-state index contributed by atoms with van der Waals surface area (Å²) >= 11 is 0. The minimum Gasteiger partial charge on any atom is -0.487 e. The van der Waals surface area contributed by atoms with Crippen molar-refractivity contribution in [2.45, 2.75) is 70.5 Å². The zero-order valence-electron chi connectivity index (χ0n) is 11.9. The maximum atomic E-state index is 11.8. The van der Waals surface area contributed by atoms with E-state index in [0.29, 0.717) is 11.5 Å². The van der Waals surface area contributed by atoms with Gasteiger partial charge in [0.25, 0.3) is 0 Å². The molecule has 0 radical (unpaired) electrons. The van der Waals surface area contributed by atoms with Crippen LogP contribution < -0.4 is 0 Å². The molecule has 1 saturated carbocycles. The first-order valence-corrected chi connectivity index (χ1v) is 7.41. The SMILES string of the molecule is CCCC1=C(C(=O)OC)O[C@H]2CCCCCC[C@H]2O1. The molecular formula is C15H24O4. The molecule has 1 fully saturated rings. The lowest BCUT2D eigenvalue weighted by atomic mass is 9.95. The largest absolute Gasteiger partial charge is 0.487 e. The number of fused-ring (bicyclic) bond motifs is 1. The predicted octanol–water partition coefficient (Wildman–Crippen LogP) is 3.31. The highest BCUT2D eigenvalue weighted by atomic mass is 16.6. The first-order valence-electron chi connectivity index (χ1n) is 7.41. The zero-order valence-corrected chi connectivity index (χ0v) is 11.9. The summed E-state index contributed by atoms with van der Waals surface area (Å²) in [4.78, 5) is 11.8. The van der Waals surface area contributed by atoms with Crippen LogP contribution in [0, 0.1) is 0 Å². The molecule has 2 rings (SSSR count). The Morgan fingerprint density at radius 1 is 1.16 bits per heavy atom.